The highest BCUT2D eigenvalue weighted by Gasteiger charge is 2.20. The summed E-state index contributed by atoms with van der Waals surface area (Å²) in [5.74, 6) is -0.421. The molecule has 0 unspecified atom stereocenters. The second-order valence-corrected chi connectivity index (χ2v) is 5.86. The average Bonchev–Trinajstić information content (AvgIpc) is 3.24. The molecule has 11 nitrogen and oxygen atoms in total. The van der Waals surface area contributed by atoms with E-state index in [2.05, 4.69) is 20.4 Å². The molecule has 3 N–H and O–H groups in total. The van der Waals surface area contributed by atoms with E-state index in [0.717, 1.165) is 11.4 Å². The van der Waals surface area contributed by atoms with Crippen molar-refractivity contribution in [2.45, 2.75) is 13.3 Å². The number of nitrogens with one attached hydrogen (secondary N) is 1. The third-order valence-corrected chi connectivity index (χ3v) is 3.92. The minimum absolute atomic E-state index is 0.0199. The molecule has 0 aliphatic carbocycles. The number of imidazole rings is 1. The van der Waals surface area contributed by atoms with Crippen LogP contribution in [0.5, 0.6) is 0 Å². The van der Waals surface area contributed by atoms with Crippen molar-refractivity contribution in [3.05, 3.63) is 47.7 Å². The van der Waals surface area contributed by atoms with Gasteiger partial charge in [0.15, 0.2) is 11.6 Å². The van der Waals surface area contributed by atoms with E-state index < -0.39 is 5.97 Å². The molecule has 3 aromatic rings. The van der Waals surface area contributed by atoms with Crippen molar-refractivity contribution in [3.63, 3.8) is 0 Å². The van der Waals surface area contributed by atoms with Gasteiger partial charge in [0.2, 0.25) is 5.91 Å². The highest BCUT2D eigenvalue weighted by molar-refractivity contribution is 5.88. The summed E-state index contributed by atoms with van der Waals surface area (Å²) < 4.78 is 3.34. The molecule has 152 valence electrons. The first-order valence-electron chi connectivity index (χ1n) is 8.38. The van der Waals surface area contributed by atoms with E-state index in [1.54, 1.807) is 30.1 Å². The summed E-state index contributed by atoms with van der Waals surface area (Å²) in [5, 5.41) is 23.1. The Bertz CT molecular complexity index is 1020. The monoisotopic (exact) mass is 400 g/mol. The molecule has 0 radical (unpaired) electrons. The van der Waals surface area contributed by atoms with Crippen LogP contribution < -0.4 is 5.32 Å². The molecule has 2 aromatic heterocycles. The summed E-state index contributed by atoms with van der Waals surface area (Å²) in [6.45, 7) is 1.60. The van der Waals surface area contributed by atoms with Crippen LogP contribution in [0.4, 0.5) is 0 Å². The lowest BCUT2D eigenvalue weighted by molar-refractivity contribution is -0.123. The van der Waals surface area contributed by atoms with E-state index in [0.29, 0.717) is 17.3 Å². The van der Waals surface area contributed by atoms with Crippen LogP contribution in [0.1, 0.15) is 21.9 Å². The number of carbonyl (C=O) groups is 3. The maximum atomic E-state index is 11.7. The molecular weight excluding hydrogens is 380 g/mol. The van der Waals surface area contributed by atoms with Crippen LogP contribution in [0.15, 0.2) is 30.6 Å². The average molecular weight is 400 g/mol. The first-order valence-corrected chi connectivity index (χ1v) is 8.38. The number of likely N-dealkylation sites (N-methyl/N-ethyl adjacent to an activating group) is 1. The van der Waals surface area contributed by atoms with Crippen molar-refractivity contribution in [3.8, 4) is 17.2 Å². The zero-order valence-electron chi connectivity index (χ0n) is 16.0. The number of aromatic nitrogens is 5. The van der Waals surface area contributed by atoms with E-state index in [-0.39, 0.29) is 24.4 Å². The fraction of sp³-hybridized carbons (Fsp3) is 0.222. The normalized spacial score (nSPS) is 10.0. The fourth-order valence-corrected chi connectivity index (χ4v) is 2.63. The van der Waals surface area contributed by atoms with Gasteiger partial charge in [0, 0.05) is 14.1 Å². The number of aromatic carboxylic acids is 1. The molecule has 0 spiro atoms. The van der Waals surface area contributed by atoms with E-state index >= 15 is 0 Å². The van der Waals surface area contributed by atoms with Crippen LogP contribution in [0.25, 0.3) is 17.2 Å². The molecule has 0 aliphatic heterocycles. The van der Waals surface area contributed by atoms with E-state index in [1.165, 1.54) is 16.8 Å². The summed E-state index contributed by atoms with van der Waals surface area (Å²) in [4.78, 5) is 40.1. The third-order valence-electron chi connectivity index (χ3n) is 3.92. The Morgan fingerprint density at radius 2 is 2.00 bits per heavy atom. The van der Waals surface area contributed by atoms with Crippen molar-refractivity contribution in [1.82, 2.24) is 29.6 Å². The van der Waals surface area contributed by atoms with Crippen LogP contribution >= 0.6 is 0 Å². The molecule has 1 amide bonds. The lowest BCUT2D eigenvalue weighted by atomic mass is 10.2. The first-order chi connectivity index (χ1) is 13.8. The van der Waals surface area contributed by atoms with Crippen LogP contribution in [0.2, 0.25) is 0 Å². The molecule has 0 saturated heterocycles. The fourth-order valence-electron chi connectivity index (χ4n) is 2.63. The van der Waals surface area contributed by atoms with Crippen molar-refractivity contribution in [2.24, 2.45) is 7.05 Å². The molecule has 3 rings (SSSR count). The number of carboxylic acids is 1. The summed E-state index contributed by atoms with van der Waals surface area (Å²) in [6, 6.07) is 6.39. The van der Waals surface area contributed by atoms with E-state index in [9.17, 15) is 14.7 Å². The van der Waals surface area contributed by atoms with Crippen LogP contribution in [-0.4, -0.2) is 59.9 Å². The Morgan fingerprint density at radius 3 is 2.55 bits per heavy atom. The second-order valence-electron chi connectivity index (χ2n) is 5.86. The van der Waals surface area contributed by atoms with Gasteiger partial charge in [0.05, 0.1) is 29.7 Å². The van der Waals surface area contributed by atoms with Crippen LogP contribution in [0, 0.1) is 6.92 Å². The number of carbonyl (C=O) groups excluding carboxylic acids is 1. The maximum absolute atomic E-state index is 11.7. The number of nitrogens with zero attached hydrogens (tertiary/aromatic N) is 5. The van der Waals surface area contributed by atoms with Crippen molar-refractivity contribution >= 4 is 18.3 Å². The number of carboxylic acid groups (broad SMARTS) is 2. The molecule has 2 heterocycles. The number of hydrogen-bond acceptors (Lipinski definition) is 6. The van der Waals surface area contributed by atoms with Crippen LogP contribution in [-0.2, 0) is 23.1 Å². The topological polar surface area (TPSA) is 152 Å². The smallest absolute Gasteiger partial charge is 0.335 e. The zero-order chi connectivity index (χ0) is 21.6. The van der Waals surface area contributed by atoms with Gasteiger partial charge >= 0.3 is 5.97 Å². The predicted octanol–water partition coefficient (Wildman–Crippen LogP) is 0.664. The molecular formula is C18H20N6O5. The molecule has 0 fully saturated rings. The largest absolute Gasteiger partial charge is 0.483 e. The maximum Gasteiger partial charge on any atom is 0.335 e. The second kappa shape index (κ2) is 9.26. The Hall–Kier alpha value is -4.02. The summed E-state index contributed by atoms with van der Waals surface area (Å²) in [6.07, 6.45) is 1.68. The highest BCUT2D eigenvalue weighted by atomic mass is 16.4. The number of rotatable bonds is 5. The quantitative estimate of drug-likeness (QED) is 0.528. The molecule has 0 aliphatic rings. The SMILES string of the molecule is CNC(=O)Cc1nc(-c2c(C)ncn2C)n(-c2cccc(C(=O)O)c2)n1.O=CO. The van der Waals surface area contributed by atoms with Gasteiger partial charge in [-0.15, -0.1) is 0 Å². The molecule has 0 saturated carbocycles. The Morgan fingerprint density at radius 1 is 1.31 bits per heavy atom. The zero-order valence-corrected chi connectivity index (χ0v) is 16.0. The highest BCUT2D eigenvalue weighted by Crippen LogP contribution is 2.24. The minimum atomic E-state index is -1.03. The van der Waals surface area contributed by atoms with E-state index in [4.69, 9.17) is 9.90 Å². The molecule has 0 bridgehead atoms. The summed E-state index contributed by atoms with van der Waals surface area (Å²) >= 11 is 0. The van der Waals surface area contributed by atoms with Gasteiger partial charge in [-0.3, -0.25) is 9.59 Å². The standard InChI is InChI=1S/C17H18N6O3.CH2O2/c1-10-15(22(3)9-19-10)16-20-13(8-14(24)18-2)21-23(16)12-6-4-5-11(7-12)17(25)26;2-1-3/h4-7,9H,8H2,1-3H3,(H,18,24)(H,25,26);1H,(H,2,3). The Labute approximate surface area is 165 Å². The molecule has 0 atom stereocenters. The number of hydrogen-bond donors (Lipinski definition) is 3. The first kappa shape index (κ1) is 21.3. The van der Waals surface area contributed by atoms with Gasteiger partial charge in [-0.25, -0.2) is 19.4 Å². The van der Waals surface area contributed by atoms with Gasteiger partial charge in [-0.1, -0.05) is 6.07 Å². The van der Waals surface area contributed by atoms with Gasteiger partial charge in [0.25, 0.3) is 6.47 Å². The van der Waals surface area contributed by atoms with Gasteiger partial charge in [-0.2, -0.15) is 5.10 Å². The number of aryl methyl sites for hydroxylation is 2. The van der Waals surface area contributed by atoms with Crippen molar-refractivity contribution in [2.75, 3.05) is 7.05 Å². The lowest BCUT2D eigenvalue weighted by Gasteiger charge is -2.08. The third kappa shape index (κ3) is 4.83. The van der Waals surface area contributed by atoms with Gasteiger partial charge in [0.1, 0.15) is 5.69 Å². The van der Waals surface area contributed by atoms with E-state index in [1.807, 2.05) is 14.0 Å². The Balaban J connectivity index is 0.000000941. The minimum Gasteiger partial charge on any atom is -0.483 e. The van der Waals surface area contributed by atoms with Gasteiger partial charge < -0.3 is 20.1 Å². The number of benzene rings is 1. The molecule has 29 heavy (non-hydrogen) atoms. The number of amides is 1. The van der Waals surface area contributed by atoms with Crippen molar-refractivity contribution in [1.29, 1.82) is 0 Å². The Kier molecular flexibility index (Phi) is 6.80. The summed E-state index contributed by atoms with van der Waals surface area (Å²) in [5.41, 5.74) is 2.16. The lowest BCUT2D eigenvalue weighted by Crippen LogP contribution is -2.20. The van der Waals surface area contributed by atoms with Gasteiger partial charge in [-0.05, 0) is 25.1 Å². The molecule has 11 heteroatoms. The molecule has 1 aromatic carbocycles. The van der Waals surface area contributed by atoms with Crippen molar-refractivity contribution < 1.29 is 24.6 Å². The predicted molar refractivity (Wildman–Crippen MR) is 102 cm³/mol. The van der Waals surface area contributed by atoms with Crippen LogP contribution in [0.3, 0.4) is 0 Å². The summed E-state index contributed by atoms with van der Waals surface area (Å²) in [7, 11) is 3.38.